The summed E-state index contributed by atoms with van der Waals surface area (Å²) in [6.45, 7) is 2.31. The number of phosphoric acid groups is 1. The Balaban J connectivity index is 1.93. The summed E-state index contributed by atoms with van der Waals surface area (Å²) in [7, 11) is -3.90. The van der Waals surface area contributed by atoms with Crippen LogP contribution < -0.4 is 5.73 Å². The lowest BCUT2D eigenvalue weighted by Crippen LogP contribution is -2.42. The second-order valence-electron chi connectivity index (χ2n) is 6.75. The van der Waals surface area contributed by atoms with Gasteiger partial charge in [-0.05, 0) is 12.8 Å². The Bertz CT molecular complexity index is 389. The van der Waals surface area contributed by atoms with E-state index < -0.39 is 13.9 Å². The smallest absolute Gasteiger partial charge is 0.323 e. The van der Waals surface area contributed by atoms with Crippen LogP contribution in [0.3, 0.4) is 0 Å². The Morgan fingerprint density at radius 1 is 1.04 bits per heavy atom. The lowest BCUT2D eigenvalue weighted by atomic mass is 10.0. The zero-order valence-corrected chi connectivity index (χ0v) is 16.1. The second kappa shape index (κ2) is 13.1. The van der Waals surface area contributed by atoms with Crippen molar-refractivity contribution in [2.75, 3.05) is 6.61 Å². The quantitative estimate of drug-likeness (QED) is 0.271. The highest BCUT2D eigenvalue weighted by atomic mass is 31.2. The highest BCUT2D eigenvalue weighted by Crippen LogP contribution is 2.48. The van der Waals surface area contributed by atoms with Gasteiger partial charge in [-0.3, -0.25) is 9.05 Å². The maximum atomic E-state index is 11.3. The summed E-state index contributed by atoms with van der Waals surface area (Å²) in [6.07, 6.45) is 18.9. The summed E-state index contributed by atoms with van der Waals surface area (Å²) in [4.78, 5) is 9.29. The molecule has 1 aliphatic heterocycles. The summed E-state index contributed by atoms with van der Waals surface area (Å²) in [5.41, 5.74) is 5.81. The van der Waals surface area contributed by atoms with Crippen molar-refractivity contribution in [3.63, 3.8) is 0 Å². The highest BCUT2D eigenvalue weighted by molar-refractivity contribution is 7.47. The lowest BCUT2D eigenvalue weighted by molar-refractivity contribution is 0.0530. The van der Waals surface area contributed by atoms with Gasteiger partial charge < -0.3 is 10.6 Å². The van der Waals surface area contributed by atoms with E-state index in [2.05, 4.69) is 11.4 Å². The van der Waals surface area contributed by atoms with E-state index in [4.69, 9.17) is 10.3 Å². The molecule has 6 heteroatoms. The van der Waals surface area contributed by atoms with E-state index >= 15 is 0 Å². The van der Waals surface area contributed by atoms with Gasteiger partial charge in [0.15, 0.2) is 0 Å². The predicted molar refractivity (Wildman–Crippen MR) is 98.8 cm³/mol. The molecule has 0 amide bonds. The third kappa shape index (κ3) is 10.6. The topological polar surface area (TPSA) is 81.8 Å². The van der Waals surface area contributed by atoms with Gasteiger partial charge in [0.1, 0.15) is 6.10 Å². The molecule has 0 radical (unpaired) electrons. The normalized spacial score (nSPS) is 27.8. The molecule has 1 heterocycles. The summed E-state index contributed by atoms with van der Waals surface area (Å²) < 4.78 is 21.0. The number of allylic oxidation sites excluding steroid dienone is 1. The molecule has 5 nitrogen and oxygen atoms in total. The van der Waals surface area contributed by atoms with Crippen molar-refractivity contribution in [2.24, 2.45) is 5.73 Å². The van der Waals surface area contributed by atoms with E-state index in [-0.39, 0.29) is 12.6 Å². The lowest BCUT2D eigenvalue weighted by Gasteiger charge is -2.28. The van der Waals surface area contributed by atoms with E-state index in [1.165, 1.54) is 64.2 Å². The van der Waals surface area contributed by atoms with Crippen LogP contribution in [-0.4, -0.2) is 23.6 Å². The molecule has 0 aromatic heterocycles. The summed E-state index contributed by atoms with van der Waals surface area (Å²) in [6, 6.07) is -0.382. The van der Waals surface area contributed by atoms with Crippen LogP contribution in [0, 0.1) is 0 Å². The Morgan fingerprint density at radius 2 is 1.58 bits per heavy atom. The first-order valence-electron chi connectivity index (χ1n) is 9.63. The van der Waals surface area contributed by atoms with Crippen molar-refractivity contribution < 1.29 is 18.5 Å². The van der Waals surface area contributed by atoms with Gasteiger partial charge in [-0.25, -0.2) is 4.57 Å². The second-order valence-corrected chi connectivity index (χ2v) is 8.16. The third-order valence-electron chi connectivity index (χ3n) is 4.41. The Labute approximate surface area is 147 Å². The first-order chi connectivity index (χ1) is 11.5. The molecule has 0 bridgehead atoms. The fourth-order valence-corrected chi connectivity index (χ4v) is 3.83. The number of rotatable bonds is 13. The number of hydrogen-bond donors (Lipinski definition) is 2. The van der Waals surface area contributed by atoms with Crippen molar-refractivity contribution in [2.45, 2.75) is 96.1 Å². The van der Waals surface area contributed by atoms with Crippen LogP contribution in [0.1, 0.15) is 84.0 Å². The average Bonchev–Trinajstić information content (AvgIpc) is 2.55. The molecule has 3 unspecified atom stereocenters. The van der Waals surface area contributed by atoms with Crippen molar-refractivity contribution in [3.8, 4) is 0 Å². The van der Waals surface area contributed by atoms with Crippen molar-refractivity contribution >= 4 is 7.82 Å². The SMILES string of the molecule is CCCCCCCCCCCCCC=CC1OP(=O)(O)OCC1N. The number of hydrogen-bond acceptors (Lipinski definition) is 4. The molecule has 1 saturated heterocycles. The third-order valence-corrected chi connectivity index (χ3v) is 5.39. The standard InChI is InChI=1S/C18H36NO4P/c1-2-3-4-5-6-7-8-9-10-11-12-13-14-15-18-17(19)16-22-24(20,21)23-18/h14-15,17-18H,2-13,16,19H2,1H3,(H,20,21). The molecule has 1 fully saturated rings. The van der Waals surface area contributed by atoms with E-state index in [0.29, 0.717) is 0 Å². The minimum absolute atomic E-state index is 0.0568. The van der Waals surface area contributed by atoms with E-state index in [1.54, 1.807) is 6.08 Å². The summed E-state index contributed by atoms with van der Waals surface area (Å²) >= 11 is 0. The molecule has 0 aromatic rings. The maximum absolute atomic E-state index is 11.3. The maximum Gasteiger partial charge on any atom is 0.472 e. The van der Waals surface area contributed by atoms with Crippen LogP contribution in [0.5, 0.6) is 0 Å². The molecular formula is C18H36NO4P. The van der Waals surface area contributed by atoms with Gasteiger partial charge in [-0.1, -0.05) is 83.3 Å². The molecule has 0 aliphatic carbocycles. The van der Waals surface area contributed by atoms with Gasteiger partial charge >= 0.3 is 7.82 Å². The Hall–Kier alpha value is -0.190. The minimum atomic E-state index is -3.90. The zero-order valence-electron chi connectivity index (χ0n) is 15.2. The summed E-state index contributed by atoms with van der Waals surface area (Å²) in [5, 5.41) is 0. The largest absolute Gasteiger partial charge is 0.472 e. The molecular weight excluding hydrogens is 325 g/mol. The first kappa shape index (κ1) is 21.9. The van der Waals surface area contributed by atoms with E-state index in [1.807, 2.05) is 6.08 Å². The average molecular weight is 361 g/mol. The molecule has 142 valence electrons. The van der Waals surface area contributed by atoms with Gasteiger partial charge in [0.05, 0.1) is 12.6 Å². The van der Waals surface area contributed by atoms with E-state index in [0.717, 1.165) is 12.8 Å². The van der Waals surface area contributed by atoms with Crippen LogP contribution in [0.4, 0.5) is 0 Å². The molecule has 24 heavy (non-hydrogen) atoms. The van der Waals surface area contributed by atoms with Crippen LogP contribution in [0.15, 0.2) is 12.2 Å². The molecule has 1 aliphatic rings. The van der Waals surface area contributed by atoms with E-state index in [9.17, 15) is 9.46 Å². The monoisotopic (exact) mass is 361 g/mol. The van der Waals surface area contributed by atoms with Crippen molar-refractivity contribution in [1.29, 1.82) is 0 Å². The van der Waals surface area contributed by atoms with Gasteiger partial charge in [0, 0.05) is 0 Å². The fraction of sp³-hybridized carbons (Fsp3) is 0.889. The van der Waals surface area contributed by atoms with Gasteiger partial charge in [0.2, 0.25) is 0 Å². The molecule has 1 rings (SSSR count). The van der Waals surface area contributed by atoms with Crippen molar-refractivity contribution in [1.82, 2.24) is 0 Å². The number of nitrogens with two attached hydrogens (primary N) is 1. The summed E-state index contributed by atoms with van der Waals surface area (Å²) in [5.74, 6) is 0. The molecule has 0 aromatic carbocycles. The van der Waals surface area contributed by atoms with Crippen LogP contribution in [0.2, 0.25) is 0 Å². The molecule has 3 atom stereocenters. The van der Waals surface area contributed by atoms with Crippen LogP contribution >= 0.6 is 7.82 Å². The predicted octanol–water partition coefficient (Wildman–Crippen LogP) is 5.09. The molecule has 0 saturated carbocycles. The molecule has 0 spiro atoms. The number of phosphoric ester groups is 1. The number of unbranched alkanes of at least 4 members (excludes halogenated alkanes) is 11. The van der Waals surface area contributed by atoms with Gasteiger partial charge in [-0.2, -0.15) is 0 Å². The zero-order chi connectivity index (χ0) is 17.7. The first-order valence-corrected chi connectivity index (χ1v) is 11.1. The Morgan fingerprint density at radius 3 is 2.17 bits per heavy atom. The van der Waals surface area contributed by atoms with Crippen LogP contribution in [0.25, 0.3) is 0 Å². The van der Waals surface area contributed by atoms with Crippen LogP contribution in [-0.2, 0) is 13.6 Å². The molecule has 3 N–H and O–H groups in total. The Kier molecular flexibility index (Phi) is 11.9. The van der Waals surface area contributed by atoms with Gasteiger partial charge in [0.25, 0.3) is 0 Å². The highest BCUT2D eigenvalue weighted by Gasteiger charge is 2.35. The minimum Gasteiger partial charge on any atom is -0.323 e. The van der Waals surface area contributed by atoms with Crippen molar-refractivity contribution in [3.05, 3.63) is 12.2 Å². The van der Waals surface area contributed by atoms with Gasteiger partial charge in [-0.15, -0.1) is 0 Å². The fourth-order valence-electron chi connectivity index (χ4n) is 2.87.